The summed E-state index contributed by atoms with van der Waals surface area (Å²) in [5.74, 6) is -0.370. The van der Waals surface area contributed by atoms with Crippen molar-refractivity contribution in [2.24, 2.45) is 0 Å². The third kappa shape index (κ3) is 5.09. The molecule has 0 fully saturated rings. The Balaban J connectivity index is 2.95. The van der Waals surface area contributed by atoms with Crippen molar-refractivity contribution in [2.75, 3.05) is 17.2 Å². The molecular weight excluding hydrogens is 260 g/mol. The van der Waals surface area contributed by atoms with Crippen molar-refractivity contribution in [1.29, 1.82) is 0 Å². The second-order valence-corrected chi connectivity index (χ2v) is 4.25. The summed E-state index contributed by atoms with van der Waals surface area (Å²) in [6.45, 7) is 5.00. The van der Waals surface area contributed by atoms with Gasteiger partial charge in [0.05, 0.1) is 18.7 Å². The van der Waals surface area contributed by atoms with E-state index in [1.165, 1.54) is 13.8 Å². The second kappa shape index (κ2) is 7.28. The average Bonchev–Trinajstić information content (AvgIpc) is 2.30. The van der Waals surface area contributed by atoms with Crippen molar-refractivity contribution >= 4 is 29.0 Å². The van der Waals surface area contributed by atoms with Crippen molar-refractivity contribution in [1.82, 2.24) is 0 Å². The summed E-state index contributed by atoms with van der Waals surface area (Å²) in [5, 5.41) is 5.22. The van der Waals surface area contributed by atoms with Gasteiger partial charge in [0, 0.05) is 12.6 Å². The van der Waals surface area contributed by atoms with E-state index in [0.29, 0.717) is 23.7 Å². The molecule has 1 rings (SSSR count). The number of hydrogen-bond acceptors (Lipinski definition) is 4. The fourth-order valence-electron chi connectivity index (χ4n) is 1.61. The molecule has 0 aliphatic rings. The number of hydrogen-bond donors (Lipinski definition) is 2. The van der Waals surface area contributed by atoms with Crippen LogP contribution in [0, 0.1) is 0 Å². The SMILES string of the molecule is CCOc1ccc(NC(C)=O)cc1NC(=O)CC(C)=O. The molecule has 0 spiro atoms. The first kappa shape index (κ1) is 15.7. The van der Waals surface area contributed by atoms with E-state index in [1.54, 1.807) is 18.2 Å². The van der Waals surface area contributed by atoms with E-state index in [-0.39, 0.29) is 18.1 Å². The number of ketones is 1. The Bertz CT molecular complexity index is 526. The predicted octanol–water partition coefficient (Wildman–Crippen LogP) is 1.96. The lowest BCUT2D eigenvalue weighted by Crippen LogP contribution is -2.16. The fourth-order valence-corrected chi connectivity index (χ4v) is 1.61. The lowest BCUT2D eigenvalue weighted by Gasteiger charge is -2.13. The molecule has 0 aromatic heterocycles. The van der Waals surface area contributed by atoms with Gasteiger partial charge < -0.3 is 15.4 Å². The van der Waals surface area contributed by atoms with Crippen LogP contribution in [-0.4, -0.2) is 24.2 Å². The van der Waals surface area contributed by atoms with Gasteiger partial charge in [0.1, 0.15) is 11.5 Å². The van der Waals surface area contributed by atoms with Crippen LogP contribution in [0.15, 0.2) is 18.2 Å². The molecule has 0 unspecified atom stereocenters. The molecule has 6 nitrogen and oxygen atoms in total. The predicted molar refractivity (Wildman–Crippen MR) is 75.8 cm³/mol. The lowest BCUT2D eigenvalue weighted by atomic mass is 10.2. The molecule has 0 heterocycles. The molecule has 108 valence electrons. The molecule has 0 bridgehead atoms. The van der Waals surface area contributed by atoms with E-state index in [9.17, 15) is 14.4 Å². The van der Waals surface area contributed by atoms with Gasteiger partial charge in [-0.25, -0.2) is 0 Å². The topological polar surface area (TPSA) is 84.5 Å². The maximum Gasteiger partial charge on any atom is 0.231 e. The largest absolute Gasteiger partial charge is 0.492 e. The van der Waals surface area contributed by atoms with Crippen LogP contribution in [0.1, 0.15) is 27.2 Å². The Morgan fingerprint density at radius 1 is 1.15 bits per heavy atom. The third-order valence-corrected chi connectivity index (χ3v) is 2.28. The van der Waals surface area contributed by atoms with Crippen LogP contribution in [0.2, 0.25) is 0 Å². The Morgan fingerprint density at radius 2 is 1.85 bits per heavy atom. The maximum atomic E-state index is 11.6. The van der Waals surface area contributed by atoms with Crippen molar-refractivity contribution in [3.8, 4) is 5.75 Å². The second-order valence-electron chi connectivity index (χ2n) is 4.25. The maximum absolute atomic E-state index is 11.6. The molecule has 0 aliphatic carbocycles. The Kier molecular flexibility index (Phi) is 5.71. The number of carbonyl (C=O) groups is 3. The molecule has 0 atom stereocenters. The van der Waals surface area contributed by atoms with E-state index in [4.69, 9.17) is 4.74 Å². The highest BCUT2D eigenvalue weighted by atomic mass is 16.5. The van der Waals surface area contributed by atoms with E-state index >= 15 is 0 Å². The highest BCUT2D eigenvalue weighted by molar-refractivity contribution is 6.04. The molecule has 0 saturated heterocycles. The van der Waals surface area contributed by atoms with Crippen LogP contribution in [0.25, 0.3) is 0 Å². The van der Waals surface area contributed by atoms with Crippen molar-refractivity contribution < 1.29 is 19.1 Å². The zero-order valence-electron chi connectivity index (χ0n) is 11.8. The summed E-state index contributed by atoms with van der Waals surface area (Å²) in [6, 6.07) is 4.91. The number of ether oxygens (including phenoxy) is 1. The van der Waals surface area contributed by atoms with E-state index < -0.39 is 5.91 Å². The molecule has 1 aromatic carbocycles. The molecule has 6 heteroatoms. The minimum Gasteiger partial charge on any atom is -0.492 e. The zero-order chi connectivity index (χ0) is 15.1. The van der Waals surface area contributed by atoms with Gasteiger partial charge in [0.15, 0.2) is 0 Å². The van der Waals surface area contributed by atoms with Gasteiger partial charge in [-0.3, -0.25) is 14.4 Å². The van der Waals surface area contributed by atoms with Gasteiger partial charge in [-0.05, 0) is 32.0 Å². The number of rotatable bonds is 6. The van der Waals surface area contributed by atoms with Gasteiger partial charge in [0.2, 0.25) is 11.8 Å². The molecule has 0 radical (unpaired) electrons. The fraction of sp³-hybridized carbons (Fsp3) is 0.357. The van der Waals surface area contributed by atoms with Crippen LogP contribution in [0.4, 0.5) is 11.4 Å². The monoisotopic (exact) mass is 278 g/mol. The number of anilines is 2. The number of nitrogens with one attached hydrogen (secondary N) is 2. The number of carbonyl (C=O) groups excluding carboxylic acids is 3. The minimum atomic E-state index is -0.418. The standard InChI is InChI=1S/C14H18N2O4/c1-4-20-13-6-5-11(15-10(3)18)8-12(13)16-14(19)7-9(2)17/h5-6,8H,4,7H2,1-3H3,(H,15,18)(H,16,19). The van der Waals surface area contributed by atoms with Crippen LogP contribution in [0.3, 0.4) is 0 Å². The van der Waals surface area contributed by atoms with Crippen molar-refractivity contribution in [3.05, 3.63) is 18.2 Å². The first-order valence-electron chi connectivity index (χ1n) is 6.26. The quantitative estimate of drug-likeness (QED) is 0.779. The first-order valence-corrected chi connectivity index (χ1v) is 6.26. The van der Waals surface area contributed by atoms with E-state index in [0.717, 1.165) is 0 Å². The number of Topliss-reactive ketones (excluding diaryl/α,β-unsaturated/α-hetero) is 1. The van der Waals surface area contributed by atoms with Crippen LogP contribution in [0.5, 0.6) is 5.75 Å². The number of benzene rings is 1. The zero-order valence-corrected chi connectivity index (χ0v) is 11.8. The van der Waals surface area contributed by atoms with Gasteiger partial charge in [-0.2, -0.15) is 0 Å². The van der Waals surface area contributed by atoms with E-state index in [2.05, 4.69) is 10.6 Å². The summed E-state index contributed by atoms with van der Waals surface area (Å²) in [4.78, 5) is 33.6. The summed E-state index contributed by atoms with van der Waals surface area (Å²) < 4.78 is 5.39. The molecule has 20 heavy (non-hydrogen) atoms. The first-order chi connectivity index (χ1) is 9.42. The molecule has 0 saturated carbocycles. The summed E-state index contributed by atoms with van der Waals surface area (Å²) in [7, 11) is 0. The molecular formula is C14H18N2O4. The Labute approximate surface area is 117 Å². The summed E-state index contributed by atoms with van der Waals surface area (Å²) in [6.07, 6.45) is -0.198. The van der Waals surface area contributed by atoms with Gasteiger partial charge in [-0.15, -0.1) is 0 Å². The Hall–Kier alpha value is -2.37. The van der Waals surface area contributed by atoms with Crippen LogP contribution >= 0.6 is 0 Å². The third-order valence-electron chi connectivity index (χ3n) is 2.28. The van der Waals surface area contributed by atoms with Crippen LogP contribution < -0.4 is 15.4 Å². The Morgan fingerprint density at radius 3 is 2.40 bits per heavy atom. The smallest absolute Gasteiger partial charge is 0.231 e. The van der Waals surface area contributed by atoms with Gasteiger partial charge >= 0.3 is 0 Å². The molecule has 2 N–H and O–H groups in total. The van der Waals surface area contributed by atoms with Crippen molar-refractivity contribution in [3.63, 3.8) is 0 Å². The number of amides is 2. The molecule has 0 aliphatic heterocycles. The minimum absolute atomic E-state index is 0.198. The lowest BCUT2D eigenvalue weighted by molar-refractivity contribution is -0.124. The van der Waals surface area contributed by atoms with Crippen LogP contribution in [-0.2, 0) is 14.4 Å². The summed E-state index contributed by atoms with van der Waals surface area (Å²) >= 11 is 0. The van der Waals surface area contributed by atoms with Crippen molar-refractivity contribution in [2.45, 2.75) is 27.2 Å². The van der Waals surface area contributed by atoms with Gasteiger partial charge in [-0.1, -0.05) is 0 Å². The van der Waals surface area contributed by atoms with Gasteiger partial charge in [0.25, 0.3) is 0 Å². The highest BCUT2D eigenvalue weighted by Crippen LogP contribution is 2.28. The molecule has 2 amide bonds. The van der Waals surface area contributed by atoms with E-state index in [1.807, 2.05) is 6.92 Å². The average molecular weight is 278 g/mol. The summed E-state index contributed by atoms with van der Waals surface area (Å²) in [5.41, 5.74) is 0.962. The highest BCUT2D eigenvalue weighted by Gasteiger charge is 2.11. The normalized spacial score (nSPS) is 9.75. The molecule has 1 aromatic rings.